The van der Waals surface area contributed by atoms with Crippen LogP contribution in [-0.2, 0) is 11.3 Å². The minimum Gasteiger partial charge on any atom is -0.445 e. The lowest BCUT2D eigenvalue weighted by Crippen LogP contribution is -2.31. The number of carbonyl (C=O) groups excluding carboxylic acids is 1. The van der Waals surface area contributed by atoms with Crippen molar-refractivity contribution in [3.63, 3.8) is 0 Å². The summed E-state index contributed by atoms with van der Waals surface area (Å²) in [6, 6.07) is 24.1. The molecule has 5 heteroatoms. The van der Waals surface area contributed by atoms with E-state index in [0.29, 0.717) is 6.61 Å². The van der Waals surface area contributed by atoms with E-state index in [1.54, 1.807) is 11.8 Å². The first-order chi connectivity index (χ1) is 13.8. The SMILES string of the molecule is O=C(OCc1ccccc1)N1CCCC1c1ccc(Sc2ccccc2)nc1. The Labute approximate surface area is 169 Å². The van der Waals surface area contributed by atoms with Gasteiger partial charge in [-0.25, -0.2) is 9.78 Å². The van der Waals surface area contributed by atoms with E-state index in [9.17, 15) is 4.79 Å². The number of benzene rings is 2. The summed E-state index contributed by atoms with van der Waals surface area (Å²) in [5.74, 6) is 0. The molecule has 4 rings (SSSR count). The van der Waals surface area contributed by atoms with Gasteiger partial charge in [-0.15, -0.1) is 0 Å². The molecule has 0 spiro atoms. The highest BCUT2D eigenvalue weighted by atomic mass is 32.2. The summed E-state index contributed by atoms with van der Waals surface area (Å²) >= 11 is 1.64. The first-order valence-electron chi connectivity index (χ1n) is 9.46. The zero-order chi connectivity index (χ0) is 19.2. The lowest BCUT2D eigenvalue weighted by Gasteiger charge is -2.24. The number of aromatic nitrogens is 1. The molecule has 1 amide bonds. The molecule has 28 heavy (non-hydrogen) atoms. The number of likely N-dealkylation sites (tertiary alicyclic amines) is 1. The molecule has 1 saturated heterocycles. The summed E-state index contributed by atoms with van der Waals surface area (Å²) in [7, 11) is 0. The number of rotatable bonds is 5. The highest BCUT2D eigenvalue weighted by Crippen LogP contribution is 2.33. The maximum Gasteiger partial charge on any atom is 0.410 e. The molecule has 1 aliphatic heterocycles. The molecule has 142 valence electrons. The van der Waals surface area contributed by atoms with Gasteiger partial charge >= 0.3 is 6.09 Å². The van der Waals surface area contributed by atoms with Crippen molar-refractivity contribution in [3.8, 4) is 0 Å². The smallest absolute Gasteiger partial charge is 0.410 e. The topological polar surface area (TPSA) is 42.4 Å². The largest absolute Gasteiger partial charge is 0.445 e. The Bertz CT molecular complexity index is 901. The fourth-order valence-corrected chi connectivity index (χ4v) is 4.17. The van der Waals surface area contributed by atoms with Crippen LogP contribution in [-0.4, -0.2) is 22.5 Å². The summed E-state index contributed by atoms with van der Waals surface area (Å²) in [5, 5.41) is 0.950. The van der Waals surface area contributed by atoms with E-state index in [1.165, 1.54) is 0 Å². The van der Waals surface area contributed by atoms with Crippen LogP contribution in [0.2, 0.25) is 0 Å². The minimum absolute atomic E-state index is 0.0338. The second kappa shape index (κ2) is 8.93. The Balaban J connectivity index is 1.39. The lowest BCUT2D eigenvalue weighted by molar-refractivity contribution is 0.0920. The van der Waals surface area contributed by atoms with Crippen LogP contribution >= 0.6 is 11.8 Å². The van der Waals surface area contributed by atoms with E-state index in [4.69, 9.17) is 4.74 Å². The number of hydrogen-bond donors (Lipinski definition) is 0. The number of carbonyl (C=O) groups is 1. The third kappa shape index (κ3) is 4.54. The highest BCUT2D eigenvalue weighted by molar-refractivity contribution is 7.99. The van der Waals surface area contributed by atoms with Crippen molar-refractivity contribution >= 4 is 17.9 Å². The van der Waals surface area contributed by atoms with Crippen LogP contribution in [0.15, 0.2) is 88.9 Å². The Morgan fingerprint density at radius 3 is 2.50 bits per heavy atom. The summed E-state index contributed by atoms with van der Waals surface area (Å²) in [4.78, 5) is 20.2. The molecule has 0 N–H and O–H groups in total. The number of amides is 1. The van der Waals surface area contributed by atoms with Gasteiger partial charge in [-0.1, -0.05) is 66.4 Å². The van der Waals surface area contributed by atoms with Gasteiger partial charge in [0.25, 0.3) is 0 Å². The van der Waals surface area contributed by atoms with Crippen LogP contribution in [0, 0.1) is 0 Å². The van der Waals surface area contributed by atoms with E-state index in [2.05, 4.69) is 23.2 Å². The Morgan fingerprint density at radius 2 is 1.79 bits per heavy atom. The molecule has 4 nitrogen and oxygen atoms in total. The van der Waals surface area contributed by atoms with Gasteiger partial charge in [0, 0.05) is 17.6 Å². The maximum atomic E-state index is 12.6. The molecule has 3 aromatic rings. The fourth-order valence-electron chi connectivity index (χ4n) is 3.39. The third-order valence-electron chi connectivity index (χ3n) is 4.80. The Morgan fingerprint density at radius 1 is 1.04 bits per heavy atom. The predicted molar refractivity (Wildman–Crippen MR) is 110 cm³/mol. The van der Waals surface area contributed by atoms with Gasteiger partial charge in [-0.2, -0.15) is 0 Å². The monoisotopic (exact) mass is 390 g/mol. The molecule has 1 aliphatic rings. The van der Waals surface area contributed by atoms with Crippen LogP contribution in [0.5, 0.6) is 0 Å². The van der Waals surface area contributed by atoms with Crippen LogP contribution in [0.1, 0.15) is 30.0 Å². The van der Waals surface area contributed by atoms with E-state index >= 15 is 0 Å². The van der Waals surface area contributed by atoms with Crippen LogP contribution in [0.3, 0.4) is 0 Å². The first kappa shape index (κ1) is 18.6. The molecular formula is C23H22N2O2S. The molecule has 1 aromatic heterocycles. The van der Waals surface area contributed by atoms with Crippen molar-refractivity contribution in [3.05, 3.63) is 90.1 Å². The van der Waals surface area contributed by atoms with Crippen molar-refractivity contribution in [2.24, 2.45) is 0 Å². The number of pyridine rings is 1. The minimum atomic E-state index is -0.255. The molecule has 0 saturated carbocycles. The standard InChI is InChI=1S/C23H22N2O2S/c26-23(27-17-18-8-3-1-4-9-18)25-15-7-12-21(25)19-13-14-22(24-16-19)28-20-10-5-2-6-11-20/h1-6,8-11,13-14,16,21H,7,12,15,17H2. The second-order valence-electron chi connectivity index (χ2n) is 6.74. The summed E-state index contributed by atoms with van der Waals surface area (Å²) < 4.78 is 5.53. The molecule has 0 bridgehead atoms. The zero-order valence-corrected chi connectivity index (χ0v) is 16.3. The van der Waals surface area contributed by atoms with Crippen molar-refractivity contribution in [2.45, 2.75) is 35.4 Å². The molecule has 1 atom stereocenters. The van der Waals surface area contributed by atoms with E-state index in [-0.39, 0.29) is 12.1 Å². The summed E-state index contributed by atoms with van der Waals surface area (Å²) in [6.07, 6.45) is 3.55. The van der Waals surface area contributed by atoms with Gasteiger partial charge in [0.15, 0.2) is 0 Å². The third-order valence-corrected chi connectivity index (χ3v) is 5.76. The average Bonchev–Trinajstić information content (AvgIpc) is 3.24. The van der Waals surface area contributed by atoms with Crippen molar-refractivity contribution in [2.75, 3.05) is 6.54 Å². The molecule has 1 fully saturated rings. The molecular weight excluding hydrogens is 368 g/mol. The Kier molecular flexibility index (Phi) is 5.92. The fraction of sp³-hybridized carbons (Fsp3) is 0.217. The number of hydrogen-bond acceptors (Lipinski definition) is 4. The number of nitrogens with zero attached hydrogens (tertiary/aromatic N) is 2. The zero-order valence-electron chi connectivity index (χ0n) is 15.5. The van der Waals surface area contributed by atoms with Crippen molar-refractivity contribution < 1.29 is 9.53 Å². The first-order valence-corrected chi connectivity index (χ1v) is 10.3. The maximum absolute atomic E-state index is 12.6. The van der Waals surface area contributed by atoms with Crippen LogP contribution < -0.4 is 0 Å². The van der Waals surface area contributed by atoms with E-state index < -0.39 is 0 Å². The normalized spacial score (nSPS) is 16.1. The Hall–Kier alpha value is -2.79. The molecule has 2 heterocycles. The van der Waals surface area contributed by atoms with Gasteiger partial charge in [0.1, 0.15) is 11.6 Å². The van der Waals surface area contributed by atoms with Gasteiger partial charge < -0.3 is 9.64 Å². The van der Waals surface area contributed by atoms with E-state index in [1.807, 2.05) is 65.7 Å². The second-order valence-corrected chi connectivity index (χ2v) is 7.83. The molecule has 0 aliphatic carbocycles. The summed E-state index contributed by atoms with van der Waals surface area (Å²) in [6.45, 7) is 1.02. The average molecular weight is 391 g/mol. The molecule has 0 radical (unpaired) electrons. The van der Waals surface area contributed by atoms with Gasteiger partial charge in [-0.3, -0.25) is 0 Å². The molecule has 2 aromatic carbocycles. The predicted octanol–water partition coefficient (Wildman–Crippen LogP) is 5.71. The van der Waals surface area contributed by atoms with Gasteiger partial charge in [0.2, 0.25) is 0 Å². The molecule has 1 unspecified atom stereocenters. The van der Waals surface area contributed by atoms with Gasteiger partial charge in [-0.05, 0) is 42.2 Å². The highest BCUT2D eigenvalue weighted by Gasteiger charge is 2.31. The van der Waals surface area contributed by atoms with Crippen LogP contribution in [0.25, 0.3) is 0 Å². The van der Waals surface area contributed by atoms with Crippen molar-refractivity contribution in [1.29, 1.82) is 0 Å². The van der Waals surface area contributed by atoms with Gasteiger partial charge in [0.05, 0.1) is 6.04 Å². The van der Waals surface area contributed by atoms with Crippen molar-refractivity contribution in [1.82, 2.24) is 9.88 Å². The lowest BCUT2D eigenvalue weighted by atomic mass is 10.1. The quantitative estimate of drug-likeness (QED) is 0.560. The van der Waals surface area contributed by atoms with E-state index in [0.717, 1.165) is 40.4 Å². The van der Waals surface area contributed by atoms with Crippen LogP contribution in [0.4, 0.5) is 4.79 Å². The number of ether oxygens (including phenoxy) is 1. The summed E-state index contributed by atoms with van der Waals surface area (Å²) in [5.41, 5.74) is 2.06.